The van der Waals surface area contributed by atoms with Crippen LogP contribution in [0, 0.1) is 22.0 Å². The fourth-order valence-electron chi connectivity index (χ4n) is 3.61. The van der Waals surface area contributed by atoms with E-state index in [0.717, 1.165) is 18.2 Å². The first kappa shape index (κ1) is 20.2. The summed E-state index contributed by atoms with van der Waals surface area (Å²) in [4.78, 5) is 15.1. The molecule has 0 bridgehead atoms. The molecule has 150 valence electrons. The third kappa shape index (κ3) is 4.48. The van der Waals surface area contributed by atoms with Gasteiger partial charge in [0.2, 0.25) is 10.0 Å². The van der Waals surface area contributed by atoms with E-state index in [9.17, 15) is 18.5 Å². The predicted molar refractivity (Wildman–Crippen MR) is 106 cm³/mol. The molecule has 0 amide bonds. The first-order valence-corrected chi connectivity index (χ1v) is 10.6. The maximum Gasteiger partial charge on any atom is 0.293 e. The molecular weight excluding hydrogens is 380 g/mol. The SMILES string of the molecule is C[C@H]1C[C@H](C)CN(S(=O)(=O)c2ccc(NCc3ccccn3)c([N+](=O)[O-])c2)C1. The third-order valence-corrected chi connectivity index (χ3v) is 6.65. The lowest BCUT2D eigenvalue weighted by atomic mass is 9.94. The van der Waals surface area contributed by atoms with Crippen molar-refractivity contribution in [3.8, 4) is 0 Å². The van der Waals surface area contributed by atoms with Crippen LogP contribution in [-0.4, -0.2) is 35.7 Å². The summed E-state index contributed by atoms with van der Waals surface area (Å²) >= 11 is 0. The number of nitro benzene ring substituents is 1. The first-order valence-electron chi connectivity index (χ1n) is 9.19. The normalized spacial score (nSPS) is 20.6. The Bertz CT molecular complexity index is 940. The highest BCUT2D eigenvalue weighted by atomic mass is 32.2. The minimum atomic E-state index is -3.78. The average molecular weight is 404 g/mol. The molecular formula is C19H24N4O4S. The molecule has 0 saturated carbocycles. The topological polar surface area (TPSA) is 105 Å². The van der Waals surface area contributed by atoms with Crippen LogP contribution in [0.15, 0.2) is 47.5 Å². The van der Waals surface area contributed by atoms with E-state index in [2.05, 4.69) is 10.3 Å². The van der Waals surface area contributed by atoms with Gasteiger partial charge in [0.15, 0.2) is 0 Å². The Morgan fingerprint density at radius 2 is 1.93 bits per heavy atom. The van der Waals surface area contributed by atoms with E-state index < -0.39 is 14.9 Å². The summed E-state index contributed by atoms with van der Waals surface area (Å²) in [7, 11) is -3.78. The molecule has 2 aromatic rings. The highest BCUT2D eigenvalue weighted by molar-refractivity contribution is 7.89. The number of nitrogens with one attached hydrogen (secondary N) is 1. The molecule has 3 rings (SSSR count). The van der Waals surface area contributed by atoms with E-state index in [1.54, 1.807) is 18.3 Å². The van der Waals surface area contributed by atoms with Gasteiger partial charge in [-0.15, -0.1) is 0 Å². The zero-order valence-electron chi connectivity index (χ0n) is 15.9. The molecule has 8 nitrogen and oxygen atoms in total. The Kier molecular flexibility index (Phi) is 5.95. The minimum Gasteiger partial charge on any atom is -0.374 e. The van der Waals surface area contributed by atoms with Crippen LogP contribution >= 0.6 is 0 Å². The van der Waals surface area contributed by atoms with Crippen molar-refractivity contribution in [3.63, 3.8) is 0 Å². The number of anilines is 1. The van der Waals surface area contributed by atoms with E-state index >= 15 is 0 Å². The summed E-state index contributed by atoms with van der Waals surface area (Å²) in [5.74, 6) is 0.514. The number of aromatic nitrogens is 1. The molecule has 0 radical (unpaired) electrons. The molecule has 0 unspecified atom stereocenters. The molecule has 28 heavy (non-hydrogen) atoms. The fraction of sp³-hybridized carbons (Fsp3) is 0.421. The van der Waals surface area contributed by atoms with Crippen LogP contribution in [0.4, 0.5) is 11.4 Å². The lowest BCUT2D eigenvalue weighted by molar-refractivity contribution is -0.384. The Morgan fingerprint density at radius 1 is 1.21 bits per heavy atom. The van der Waals surface area contributed by atoms with E-state index in [4.69, 9.17) is 0 Å². The molecule has 9 heteroatoms. The van der Waals surface area contributed by atoms with Crippen LogP contribution in [0.2, 0.25) is 0 Å². The maximum atomic E-state index is 13.0. The van der Waals surface area contributed by atoms with E-state index in [-0.39, 0.29) is 28.1 Å². The summed E-state index contributed by atoms with van der Waals surface area (Å²) in [6, 6.07) is 9.43. The molecule has 2 atom stereocenters. The van der Waals surface area contributed by atoms with Crippen LogP contribution in [-0.2, 0) is 16.6 Å². The van der Waals surface area contributed by atoms with Crippen molar-refractivity contribution < 1.29 is 13.3 Å². The van der Waals surface area contributed by atoms with E-state index in [1.165, 1.54) is 16.4 Å². The zero-order chi connectivity index (χ0) is 20.3. The molecule has 1 aliphatic heterocycles. The van der Waals surface area contributed by atoms with Gasteiger partial charge < -0.3 is 5.32 Å². The van der Waals surface area contributed by atoms with Gasteiger partial charge in [0.05, 0.1) is 22.1 Å². The van der Waals surface area contributed by atoms with Crippen molar-refractivity contribution >= 4 is 21.4 Å². The maximum absolute atomic E-state index is 13.0. The fourth-order valence-corrected chi connectivity index (χ4v) is 5.31. The predicted octanol–water partition coefficient (Wildman–Crippen LogP) is 3.27. The van der Waals surface area contributed by atoms with Gasteiger partial charge in [0.1, 0.15) is 5.69 Å². The summed E-state index contributed by atoms with van der Waals surface area (Å²) in [6.07, 6.45) is 2.62. The second kappa shape index (κ2) is 8.24. The van der Waals surface area contributed by atoms with Crippen molar-refractivity contribution in [2.75, 3.05) is 18.4 Å². The zero-order valence-corrected chi connectivity index (χ0v) is 16.7. The minimum absolute atomic E-state index is 0.0520. The third-order valence-electron chi connectivity index (χ3n) is 4.83. The number of nitrogens with zero attached hydrogens (tertiary/aromatic N) is 3. The molecule has 1 aromatic heterocycles. The monoisotopic (exact) mass is 404 g/mol. The summed E-state index contributed by atoms with van der Waals surface area (Å²) in [5.41, 5.74) is 0.717. The Hall–Kier alpha value is -2.52. The van der Waals surface area contributed by atoms with Crippen LogP contribution in [0.25, 0.3) is 0 Å². The molecule has 0 spiro atoms. The lowest BCUT2D eigenvalue weighted by Crippen LogP contribution is -2.42. The summed E-state index contributed by atoms with van der Waals surface area (Å²) < 4.78 is 27.5. The Labute approximate surface area is 164 Å². The number of hydrogen-bond donors (Lipinski definition) is 1. The van der Waals surface area contributed by atoms with Gasteiger partial charge in [-0.1, -0.05) is 19.9 Å². The molecule has 1 fully saturated rings. The van der Waals surface area contributed by atoms with Crippen LogP contribution in [0.3, 0.4) is 0 Å². The molecule has 1 N–H and O–H groups in total. The van der Waals surface area contributed by atoms with Gasteiger partial charge >= 0.3 is 0 Å². The van der Waals surface area contributed by atoms with Gasteiger partial charge in [-0.05, 0) is 42.5 Å². The number of benzene rings is 1. The number of sulfonamides is 1. The second-order valence-electron chi connectivity index (χ2n) is 7.38. The van der Waals surface area contributed by atoms with Crippen molar-refractivity contribution in [2.24, 2.45) is 11.8 Å². The van der Waals surface area contributed by atoms with E-state index in [0.29, 0.717) is 19.6 Å². The van der Waals surface area contributed by atoms with Gasteiger partial charge in [0.25, 0.3) is 5.69 Å². The van der Waals surface area contributed by atoms with Gasteiger partial charge in [0, 0.05) is 25.4 Å². The number of hydrogen-bond acceptors (Lipinski definition) is 6. The van der Waals surface area contributed by atoms with Crippen molar-refractivity contribution in [1.29, 1.82) is 0 Å². The number of rotatable bonds is 6. The van der Waals surface area contributed by atoms with E-state index in [1.807, 2.05) is 19.9 Å². The van der Waals surface area contributed by atoms with Crippen molar-refractivity contribution in [3.05, 3.63) is 58.4 Å². The standard InChI is InChI=1S/C19H24N4O4S/c1-14-9-15(2)13-22(12-14)28(26,27)17-6-7-18(19(10-17)23(24)25)21-11-16-5-3-4-8-20-16/h3-8,10,14-15,21H,9,11-13H2,1-2H3/t14-,15-/m0/s1. The highest BCUT2D eigenvalue weighted by Crippen LogP contribution is 2.31. The largest absolute Gasteiger partial charge is 0.374 e. The quantitative estimate of drug-likeness (QED) is 0.585. The number of nitro groups is 1. The van der Waals surface area contributed by atoms with Crippen molar-refractivity contribution in [2.45, 2.75) is 31.7 Å². The summed E-state index contributed by atoms with van der Waals surface area (Å²) in [5, 5.41) is 14.5. The van der Waals surface area contributed by atoms with Crippen LogP contribution in [0.1, 0.15) is 26.0 Å². The Balaban J connectivity index is 1.86. The molecule has 1 aromatic carbocycles. The van der Waals surface area contributed by atoms with Crippen LogP contribution < -0.4 is 5.32 Å². The molecule has 1 saturated heterocycles. The van der Waals surface area contributed by atoms with Gasteiger partial charge in [-0.3, -0.25) is 15.1 Å². The second-order valence-corrected chi connectivity index (χ2v) is 9.32. The van der Waals surface area contributed by atoms with Crippen molar-refractivity contribution in [1.82, 2.24) is 9.29 Å². The smallest absolute Gasteiger partial charge is 0.293 e. The lowest BCUT2D eigenvalue weighted by Gasteiger charge is -2.34. The Morgan fingerprint density at radius 3 is 2.54 bits per heavy atom. The van der Waals surface area contributed by atoms with Crippen LogP contribution in [0.5, 0.6) is 0 Å². The van der Waals surface area contributed by atoms with Gasteiger partial charge in [-0.2, -0.15) is 4.31 Å². The average Bonchev–Trinajstić information content (AvgIpc) is 2.66. The molecule has 2 heterocycles. The van der Waals surface area contributed by atoms with Gasteiger partial charge in [-0.25, -0.2) is 8.42 Å². The number of pyridine rings is 1. The number of piperidine rings is 1. The highest BCUT2D eigenvalue weighted by Gasteiger charge is 2.33. The molecule has 1 aliphatic rings. The first-order chi connectivity index (χ1) is 13.3. The summed E-state index contributed by atoms with van der Waals surface area (Å²) in [6.45, 7) is 5.20. The molecule has 0 aliphatic carbocycles.